The molecular formula is C23H19BrF3N5O. The number of nitrogens with zero attached hydrogens (tertiary/aromatic N) is 5. The highest BCUT2D eigenvalue weighted by atomic mass is 79.9. The average Bonchev–Trinajstić information content (AvgIpc) is 3.08. The van der Waals surface area contributed by atoms with Crippen molar-refractivity contribution < 1.29 is 18.0 Å². The van der Waals surface area contributed by atoms with E-state index in [1.54, 1.807) is 11.1 Å². The topological polar surface area (TPSA) is 61.7 Å². The van der Waals surface area contributed by atoms with E-state index in [4.69, 9.17) is 0 Å². The molecule has 33 heavy (non-hydrogen) atoms. The van der Waals surface area contributed by atoms with Crippen LogP contribution in [0.25, 0.3) is 22.3 Å². The lowest BCUT2D eigenvalue weighted by atomic mass is 9.99. The predicted molar refractivity (Wildman–Crippen MR) is 123 cm³/mol. The van der Waals surface area contributed by atoms with Crippen molar-refractivity contribution in [1.82, 2.24) is 15.0 Å². The zero-order chi connectivity index (χ0) is 23.5. The van der Waals surface area contributed by atoms with Gasteiger partial charge in [-0.2, -0.15) is 18.3 Å². The monoisotopic (exact) mass is 517 g/mol. The van der Waals surface area contributed by atoms with Crippen molar-refractivity contribution in [3.63, 3.8) is 0 Å². The molecule has 2 atom stereocenters. The lowest BCUT2D eigenvalue weighted by molar-refractivity contribution is -0.137. The van der Waals surface area contributed by atoms with Gasteiger partial charge >= 0.3 is 6.18 Å². The SMILES string of the molecule is Cc1cc(-c2ncc3cc(C(F)(F)F)ccc3n2)ccc1N1CCN2N=CC(C)(Br)C2C1=O. The minimum atomic E-state index is -4.42. The highest BCUT2D eigenvalue weighted by Crippen LogP contribution is 2.36. The van der Waals surface area contributed by atoms with Crippen molar-refractivity contribution >= 4 is 44.6 Å². The van der Waals surface area contributed by atoms with Gasteiger partial charge in [0.15, 0.2) is 5.82 Å². The Hall–Kier alpha value is -3.01. The zero-order valence-corrected chi connectivity index (χ0v) is 19.4. The van der Waals surface area contributed by atoms with Crippen LogP contribution in [0.2, 0.25) is 0 Å². The Morgan fingerprint density at radius 1 is 1.15 bits per heavy atom. The molecule has 2 aliphatic rings. The molecule has 2 aromatic carbocycles. The molecule has 2 unspecified atom stereocenters. The van der Waals surface area contributed by atoms with Crippen LogP contribution in [0.5, 0.6) is 0 Å². The van der Waals surface area contributed by atoms with Crippen molar-refractivity contribution in [1.29, 1.82) is 0 Å². The summed E-state index contributed by atoms with van der Waals surface area (Å²) in [5, 5.41) is 6.48. The number of hydrogen-bond donors (Lipinski definition) is 0. The number of alkyl halides is 4. The second kappa shape index (κ2) is 7.51. The van der Waals surface area contributed by atoms with E-state index in [2.05, 4.69) is 31.0 Å². The Morgan fingerprint density at radius 3 is 2.67 bits per heavy atom. The number of amides is 1. The number of halogens is 4. The van der Waals surface area contributed by atoms with Gasteiger partial charge in [0.1, 0.15) is 6.04 Å². The summed E-state index contributed by atoms with van der Waals surface area (Å²) in [4.78, 5) is 23.7. The number of benzene rings is 2. The summed E-state index contributed by atoms with van der Waals surface area (Å²) in [6.45, 7) is 4.98. The Balaban J connectivity index is 1.44. The first-order valence-corrected chi connectivity index (χ1v) is 11.1. The quantitative estimate of drug-likeness (QED) is 0.458. The summed E-state index contributed by atoms with van der Waals surface area (Å²) >= 11 is 3.60. The van der Waals surface area contributed by atoms with Crippen LogP contribution in [0.4, 0.5) is 18.9 Å². The molecule has 0 aliphatic carbocycles. The number of hydrazone groups is 1. The molecule has 3 aromatic rings. The molecule has 10 heteroatoms. The number of carbonyl (C=O) groups is 1. The van der Waals surface area contributed by atoms with Gasteiger partial charge in [-0.3, -0.25) is 9.80 Å². The summed E-state index contributed by atoms with van der Waals surface area (Å²) in [6.07, 6.45) is -1.26. The van der Waals surface area contributed by atoms with E-state index in [9.17, 15) is 18.0 Å². The fourth-order valence-corrected chi connectivity index (χ4v) is 4.84. The Morgan fingerprint density at radius 2 is 1.94 bits per heavy atom. The zero-order valence-electron chi connectivity index (χ0n) is 17.8. The summed E-state index contributed by atoms with van der Waals surface area (Å²) in [6, 6.07) is 8.58. The molecule has 5 rings (SSSR count). The van der Waals surface area contributed by atoms with Gasteiger partial charge in [-0.15, -0.1) is 0 Å². The molecule has 0 bridgehead atoms. The molecule has 0 saturated carbocycles. The number of anilines is 1. The molecule has 1 fully saturated rings. The molecule has 0 spiro atoms. The van der Waals surface area contributed by atoms with E-state index in [1.165, 1.54) is 12.3 Å². The lowest BCUT2D eigenvalue weighted by Crippen LogP contribution is -2.59. The summed E-state index contributed by atoms with van der Waals surface area (Å²) < 4.78 is 38.3. The molecule has 0 N–H and O–H groups in total. The Kier molecular flexibility index (Phi) is 4.97. The molecule has 6 nitrogen and oxygen atoms in total. The molecule has 0 radical (unpaired) electrons. The number of aryl methyl sites for hydroxylation is 1. The van der Waals surface area contributed by atoms with Gasteiger partial charge in [0.2, 0.25) is 0 Å². The summed E-state index contributed by atoms with van der Waals surface area (Å²) in [5.74, 6) is 0.377. The van der Waals surface area contributed by atoms with E-state index in [0.29, 0.717) is 29.8 Å². The smallest absolute Gasteiger partial charge is 0.308 e. The number of piperazine rings is 1. The predicted octanol–water partition coefficient (Wildman–Crippen LogP) is 4.79. The third-order valence-corrected chi connectivity index (χ3v) is 6.64. The van der Waals surface area contributed by atoms with Crippen molar-refractivity contribution in [2.24, 2.45) is 5.10 Å². The second-order valence-electron chi connectivity index (χ2n) is 8.42. The van der Waals surface area contributed by atoms with Crippen LogP contribution < -0.4 is 4.90 Å². The molecule has 1 saturated heterocycles. The van der Waals surface area contributed by atoms with Crippen molar-refractivity contribution in [2.45, 2.75) is 30.4 Å². The molecule has 2 aliphatic heterocycles. The normalized spacial score (nSPS) is 22.8. The van der Waals surface area contributed by atoms with Gasteiger partial charge in [-0.05, 0) is 55.8 Å². The van der Waals surface area contributed by atoms with Crippen molar-refractivity contribution in [3.05, 3.63) is 53.7 Å². The number of carbonyl (C=O) groups excluding carboxylic acids is 1. The first-order valence-electron chi connectivity index (χ1n) is 10.3. The van der Waals surface area contributed by atoms with Gasteiger partial charge < -0.3 is 4.90 Å². The van der Waals surface area contributed by atoms with Crippen LogP contribution in [0.3, 0.4) is 0 Å². The molecular weight excluding hydrogens is 499 g/mol. The third-order valence-electron chi connectivity index (χ3n) is 6.00. The largest absolute Gasteiger partial charge is 0.416 e. The summed E-state index contributed by atoms with van der Waals surface area (Å²) in [7, 11) is 0. The van der Waals surface area contributed by atoms with E-state index in [0.717, 1.165) is 28.9 Å². The van der Waals surface area contributed by atoms with E-state index >= 15 is 0 Å². The number of aromatic nitrogens is 2. The van der Waals surface area contributed by atoms with E-state index in [-0.39, 0.29) is 5.91 Å². The lowest BCUT2D eigenvalue weighted by Gasteiger charge is -2.40. The second-order valence-corrected chi connectivity index (χ2v) is 10.1. The summed E-state index contributed by atoms with van der Waals surface area (Å²) in [5.41, 5.74) is 2.09. The maximum atomic E-state index is 13.2. The van der Waals surface area contributed by atoms with Gasteiger partial charge in [0.25, 0.3) is 5.91 Å². The van der Waals surface area contributed by atoms with Gasteiger partial charge in [0, 0.05) is 35.6 Å². The van der Waals surface area contributed by atoms with Gasteiger partial charge in [-0.25, -0.2) is 9.97 Å². The highest BCUT2D eigenvalue weighted by Gasteiger charge is 2.49. The molecule has 1 amide bonds. The number of hydrogen-bond acceptors (Lipinski definition) is 5. The standard InChI is InChI=1S/C23H19BrF3N5O/c1-13-9-14(20-28-11-15-10-16(23(25,26)27)4-5-17(15)30-20)3-6-18(13)31-7-8-32-19(21(31)33)22(2,24)12-29-32/h3-6,9-12,19H,7-8H2,1-2H3. The first kappa shape index (κ1) is 21.8. The number of rotatable bonds is 2. The Bertz CT molecular complexity index is 1310. The third kappa shape index (κ3) is 3.76. The Labute approximate surface area is 196 Å². The van der Waals surface area contributed by atoms with Crippen molar-refractivity contribution in [3.8, 4) is 11.4 Å². The van der Waals surface area contributed by atoms with Crippen LogP contribution in [0, 0.1) is 6.92 Å². The van der Waals surface area contributed by atoms with Crippen LogP contribution in [0.15, 0.2) is 47.7 Å². The van der Waals surface area contributed by atoms with Crippen LogP contribution in [-0.2, 0) is 11.0 Å². The number of fused-ring (bicyclic) bond motifs is 2. The van der Waals surface area contributed by atoms with Crippen LogP contribution >= 0.6 is 15.9 Å². The maximum Gasteiger partial charge on any atom is 0.416 e. The molecule has 3 heterocycles. The van der Waals surface area contributed by atoms with Gasteiger partial charge in [0.05, 0.1) is 21.9 Å². The average molecular weight is 518 g/mol. The fraction of sp³-hybridized carbons (Fsp3) is 0.304. The van der Waals surface area contributed by atoms with E-state index < -0.39 is 22.1 Å². The molecule has 170 valence electrons. The highest BCUT2D eigenvalue weighted by molar-refractivity contribution is 9.10. The minimum absolute atomic E-state index is 0.0311. The fourth-order valence-electron chi connectivity index (χ4n) is 4.32. The van der Waals surface area contributed by atoms with E-state index in [1.807, 2.05) is 37.1 Å². The van der Waals surface area contributed by atoms with Crippen LogP contribution in [-0.4, -0.2) is 50.6 Å². The van der Waals surface area contributed by atoms with Crippen LogP contribution in [0.1, 0.15) is 18.1 Å². The van der Waals surface area contributed by atoms with Gasteiger partial charge in [-0.1, -0.05) is 15.9 Å². The molecule has 1 aromatic heterocycles. The minimum Gasteiger partial charge on any atom is -0.308 e. The first-order chi connectivity index (χ1) is 15.5. The van der Waals surface area contributed by atoms with Crippen molar-refractivity contribution in [2.75, 3.05) is 18.0 Å². The maximum absolute atomic E-state index is 13.2.